The maximum Gasteiger partial charge on any atom is 0.147 e. The van der Waals surface area contributed by atoms with Crippen molar-refractivity contribution in [2.24, 2.45) is 5.92 Å². The van der Waals surface area contributed by atoms with Crippen LogP contribution in [0.3, 0.4) is 0 Å². The fraction of sp³-hybridized carbons (Fsp3) is 0.800. The number of rotatable bonds is 0. The Bertz CT molecular complexity index is 329. The van der Waals surface area contributed by atoms with Crippen LogP contribution in [0.25, 0.3) is 0 Å². The van der Waals surface area contributed by atoms with Crippen LogP contribution in [-0.4, -0.2) is 14.8 Å². The number of fused-ring (bicyclic) bond motifs is 3. The van der Waals surface area contributed by atoms with Gasteiger partial charge in [-0.1, -0.05) is 0 Å². The average molecular weight is 177 g/mol. The highest BCUT2D eigenvalue weighted by molar-refractivity contribution is 5.00. The first-order valence-corrected chi connectivity index (χ1v) is 5.26. The quantitative estimate of drug-likeness (QED) is 0.605. The summed E-state index contributed by atoms with van der Waals surface area (Å²) in [5, 5.41) is 4.50. The van der Waals surface area contributed by atoms with Crippen LogP contribution in [0.15, 0.2) is 0 Å². The molecule has 2 atom stereocenters. The fourth-order valence-electron chi connectivity index (χ4n) is 2.64. The minimum Gasteiger partial charge on any atom is -0.247 e. The summed E-state index contributed by atoms with van der Waals surface area (Å²) in [6.45, 7) is 2.00. The molecule has 0 radical (unpaired) electrons. The molecule has 70 valence electrons. The molecule has 0 aromatic carbocycles. The SMILES string of the molecule is Cc1nc2n(n1)C1CCC1CCC2. The Labute approximate surface area is 78.2 Å². The number of aromatic nitrogens is 3. The predicted octanol–water partition coefficient (Wildman–Crippen LogP) is 1.87. The van der Waals surface area contributed by atoms with Crippen molar-refractivity contribution in [1.82, 2.24) is 14.8 Å². The Hall–Kier alpha value is -0.860. The molecule has 3 rings (SSSR count). The fourth-order valence-corrected chi connectivity index (χ4v) is 2.64. The first-order chi connectivity index (χ1) is 6.34. The molecule has 1 fully saturated rings. The van der Waals surface area contributed by atoms with Crippen molar-refractivity contribution in [3.05, 3.63) is 11.6 Å². The van der Waals surface area contributed by atoms with Crippen LogP contribution in [-0.2, 0) is 6.42 Å². The Morgan fingerprint density at radius 3 is 3.00 bits per heavy atom. The highest BCUT2D eigenvalue weighted by Crippen LogP contribution is 2.43. The van der Waals surface area contributed by atoms with Gasteiger partial charge in [-0.25, -0.2) is 9.67 Å². The highest BCUT2D eigenvalue weighted by Gasteiger charge is 2.35. The van der Waals surface area contributed by atoms with Crippen LogP contribution in [0.5, 0.6) is 0 Å². The molecule has 2 aliphatic rings. The van der Waals surface area contributed by atoms with Crippen molar-refractivity contribution in [3.63, 3.8) is 0 Å². The smallest absolute Gasteiger partial charge is 0.147 e. The van der Waals surface area contributed by atoms with E-state index < -0.39 is 0 Å². The molecule has 13 heavy (non-hydrogen) atoms. The predicted molar refractivity (Wildman–Crippen MR) is 49.5 cm³/mol. The van der Waals surface area contributed by atoms with Gasteiger partial charge in [0.25, 0.3) is 0 Å². The topological polar surface area (TPSA) is 30.7 Å². The number of aryl methyl sites for hydroxylation is 2. The molecule has 0 spiro atoms. The zero-order valence-corrected chi connectivity index (χ0v) is 8.03. The van der Waals surface area contributed by atoms with E-state index in [1.54, 1.807) is 0 Å². The molecule has 1 saturated carbocycles. The number of nitrogens with zero attached hydrogens (tertiary/aromatic N) is 3. The van der Waals surface area contributed by atoms with Crippen LogP contribution < -0.4 is 0 Å². The molecule has 0 amide bonds. The molecular weight excluding hydrogens is 162 g/mol. The lowest BCUT2D eigenvalue weighted by Gasteiger charge is -2.35. The molecule has 0 saturated heterocycles. The van der Waals surface area contributed by atoms with Crippen molar-refractivity contribution >= 4 is 0 Å². The molecule has 3 heteroatoms. The van der Waals surface area contributed by atoms with E-state index >= 15 is 0 Å². The third-order valence-corrected chi connectivity index (χ3v) is 3.47. The number of hydrogen-bond acceptors (Lipinski definition) is 2. The Morgan fingerprint density at radius 1 is 1.31 bits per heavy atom. The van der Waals surface area contributed by atoms with Gasteiger partial charge in [0.2, 0.25) is 0 Å². The van der Waals surface area contributed by atoms with E-state index in [4.69, 9.17) is 0 Å². The summed E-state index contributed by atoms with van der Waals surface area (Å²) in [5.74, 6) is 3.08. The Kier molecular flexibility index (Phi) is 1.49. The summed E-state index contributed by atoms with van der Waals surface area (Å²) in [5.41, 5.74) is 0. The van der Waals surface area contributed by atoms with E-state index in [0.29, 0.717) is 6.04 Å². The van der Waals surface area contributed by atoms with Gasteiger partial charge in [0.05, 0.1) is 6.04 Å². The first-order valence-electron chi connectivity index (χ1n) is 5.26. The largest absolute Gasteiger partial charge is 0.247 e. The van der Waals surface area contributed by atoms with Gasteiger partial charge in [-0.15, -0.1) is 0 Å². The molecule has 1 aliphatic heterocycles. The third kappa shape index (κ3) is 1.02. The van der Waals surface area contributed by atoms with E-state index in [0.717, 1.165) is 18.2 Å². The van der Waals surface area contributed by atoms with Gasteiger partial charge in [-0.2, -0.15) is 5.10 Å². The van der Waals surface area contributed by atoms with Gasteiger partial charge in [0, 0.05) is 6.42 Å². The molecule has 0 bridgehead atoms. The normalized spacial score (nSPS) is 31.5. The summed E-state index contributed by atoms with van der Waals surface area (Å²) in [6, 6.07) is 0.693. The van der Waals surface area contributed by atoms with Gasteiger partial charge in [-0.05, 0) is 38.5 Å². The molecule has 2 unspecified atom stereocenters. The third-order valence-electron chi connectivity index (χ3n) is 3.47. The zero-order chi connectivity index (χ0) is 8.84. The van der Waals surface area contributed by atoms with Crippen molar-refractivity contribution < 1.29 is 0 Å². The molecule has 1 aromatic rings. The van der Waals surface area contributed by atoms with Gasteiger partial charge < -0.3 is 0 Å². The van der Waals surface area contributed by atoms with E-state index in [1.165, 1.54) is 31.5 Å². The second kappa shape index (κ2) is 2.56. The maximum absolute atomic E-state index is 4.50. The molecule has 0 N–H and O–H groups in total. The van der Waals surface area contributed by atoms with Crippen molar-refractivity contribution in [1.29, 1.82) is 0 Å². The molecule has 2 heterocycles. The molecule has 1 aromatic heterocycles. The van der Waals surface area contributed by atoms with Crippen LogP contribution in [0, 0.1) is 12.8 Å². The van der Waals surface area contributed by atoms with Crippen molar-refractivity contribution in [3.8, 4) is 0 Å². The molecule has 1 aliphatic carbocycles. The van der Waals surface area contributed by atoms with Gasteiger partial charge >= 0.3 is 0 Å². The van der Waals surface area contributed by atoms with Crippen LogP contribution in [0.2, 0.25) is 0 Å². The summed E-state index contributed by atoms with van der Waals surface area (Å²) in [7, 11) is 0. The van der Waals surface area contributed by atoms with Crippen LogP contribution in [0.1, 0.15) is 43.4 Å². The first kappa shape index (κ1) is 7.54. The monoisotopic (exact) mass is 177 g/mol. The van der Waals surface area contributed by atoms with E-state index in [9.17, 15) is 0 Å². The Morgan fingerprint density at radius 2 is 2.23 bits per heavy atom. The van der Waals surface area contributed by atoms with E-state index in [2.05, 4.69) is 14.8 Å². The summed E-state index contributed by atoms with van der Waals surface area (Å²) >= 11 is 0. The van der Waals surface area contributed by atoms with Crippen LogP contribution >= 0.6 is 0 Å². The van der Waals surface area contributed by atoms with Gasteiger partial charge in [0.1, 0.15) is 11.6 Å². The zero-order valence-electron chi connectivity index (χ0n) is 8.03. The maximum atomic E-state index is 4.50. The summed E-state index contributed by atoms with van der Waals surface area (Å²) in [4.78, 5) is 4.48. The standard InChI is InChI=1S/C10H15N3/c1-7-11-10-4-2-3-8-5-6-9(8)13(10)12-7/h8-9H,2-6H2,1H3. The second-order valence-corrected chi connectivity index (χ2v) is 4.32. The minimum atomic E-state index is 0.693. The summed E-state index contributed by atoms with van der Waals surface area (Å²) in [6.07, 6.45) is 6.55. The second-order valence-electron chi connectivity index (χ2n) is 4.32. The van der Waals surface area contributed by atoms with Gasteiger partial charge in [-0.3, -0.25) is 0 Å². The lowest BCUT2D eigenvalue weighted by Crippen LogP contribution is -2.29. The number of hydrogen-bond donors (Lipinski definition) is 0. The average Bonchev–Trinajstić information content (AvgIpc) is 2.34. The van der Waals surface area contributed by atoms with E-state index in [1.807, 2.05) is 6.92 Å². The van der Waals surface area contributed by atoms with E-state index in [-0.39, 0.29) is 0 Å². The molecule has 3 nitrogen and oxygen atoms in total. The lowest BCUT2D eigenvalue weighted by molar-refractivity contribution is 0.162. The van der Waals surface area contributed by atoms with Crippen molar-refractivity contribution in [2.75, 3.05) is 0 Å². The lowest BCUT2D eigenvalue weighted by atomic mass is 9.77. The van der Waals surface area contributed by atoms with Crippen molar-refractivity contribution in [2.45, 2.75) is 45.1 Å². The summed E-state index contributed by atoms with van der Waals surface area (Å²) < 4.78 is 2.20. The van der Waals surface area contributed by atoms with Gasteiger partial charge in [0.15, 0.2) is 0 Å². The minimum absolute atomic E-state index is 0.693. The highest BCUT2D eigenvalue weighted by atomic mass is 15.4. The van der Waals surface area contributed by atoms with Crippen LogP contribution in [0.4, 0.5) is 0 Å². The Balaban J connectivity index is 2.03. The molecular formula is C10H15N3.